The van der Waals surface area contributed by atoms with Crippen LogP contribution in [0.3, 0.4) is 0 Å². The summed E-state index contributed by atoms with van der Waals surface area (Å²) in [6.45, 7) is 0. The third-order valence-electron chi connectivity index (χ3n) is 4.12. The van der Waals surface area contributed by atoms with Crippen molar-refractivity contribution >= 4 is 38.4 Å². The van der Waals surface area contributed by atoms with Crippen LogP contribution in [0.2, 0.25) is 0 Å². The second-order valence-electron chi connectivity index (χ2n) is 6.60. The maximum atomic E-state index is 3.66. The summed E-state index contributed by atoms with van der Waals surface area (Å²) in [5.41, 5.74) is 0. The van der Waals surface area contributed by atoms with Gasteiger partial charge in [-0.3, -0.25) is 0 Å². The monoisotopic (exact) mass is 679 g/mol. The molecule has 0 bridgehead atoms. The number of benzene rings is 4. The van der Waals surface area contributed by atoms with Crippen LogP contribution in [-0.4, -0.2) is 4.98 Å². The van der Waals surface area contributed by atoms with Crippen molar-refractivity contribution in [3.05, 3.63) is 152 Å². The zero-order valence-corrected chi connectivity index (χ0v) is 23.4. The normalized spacial score (nSPS) is 8.94. The molecule has 1 aromatic heterocycles. The second kappa shape index (κ2) is 19.2. The molecule has 5 rings (SSSR count). The summed E-state index contributed by atoms with van der Waals surface area (Å²) in [7, 11) is 2.06. The number of aromatic nitrogens is 1. The van der Waals surface area contributed by atoms with Gasteiger partial charge in [0.1, 0.15) is 0 Å². The Balaban J connectivity index is 0.000000263. The Morgan fingerprint density at radius 3 is 1.24 bits per heavy atom. The zero-order valence-electron chi connectivity index (χ0n) is 18.4. The van der Waals surface area contributed by atoms with Crippen molar-refractivity contribution in [2.24, 2.45) is 0 Å². The van der Waals surface area contributed by atoms with Gasteiger partial charge in [0.25, 0.3) is 0 Å². The van der Waals surface area contributed by atoms with Crippen LogP contribution in [0, 0.1) is 6.20 Å². The summed E-state index contributed by atoms with van der Waals surface area (Å²) in [6, 6.07) is 47.6. The molecule has 0 aliphatic carbocycles. The van der Waals surface area contributed by atoms with Crippen molar-refractivity contribution in [2.45, 2.75) is 0 Å². The minimum atomic E-state index is 0. The predicted octanol–water partition coefficient (Wildman–Crippen LogP) is 2.78. The summed E-state index contributed by atoms with van der Waals surface area (Å²) in [5.74, 6) is 0. The molecule has 0 atom stereocenters. The van der Waals surface area contributed by atoms with E-state index < -0.39 is 0 Å². The number of halogens is 1. The third-order valence-corrected chi connectivity index (χ3v) is 6.48. The molecule has 0 amide bonds. The van der Waals surface area contributed by atoms with Gasteiger partial charge in [-0.25, -0.2) is 10.6 Å². The fourth-order valence-electron chi connectivity index (χ4n) is 2.64. The van der Waals surface area contributed by atoms with E-state index in [1.807, 2.05) is 24.3 Å². The Bertz CT molecular complexity index is 923. The van der Waals surface area contributed by atoms with Crippen LogP contribution < -0.4 is 33.6 Å². The van der Waals surface area contributed by atoms with E-state index in [1.54, 1.807) is 12.3 Å². The van der Waals surface area contributed by atoms with E-state index in [-0.39, 0.29) is 33.5 Å². The van der Waals surface area contributed by atoms with Gasteiger partial charge >= 0.3 is 21.1 Å². The number of pyridine rings is 1. The molecule has 4 aromatic carbocycles. The Hall–Kier alpha value is -2.13. The van der Waals surface area contributed by atoms with Crippen LogP contribution in [0.15, 0.2) is 146 Å². The van der Waals surface area contributed by atoms with Gasteiger partial charge in [0.05, 0.1) is 0 Å². The molecule has 5 aromatic rings. The van der Waals surface area contributed by atoms with E-state index in [9.17, 15) is 0 Å². The Kier molecular flexibility index (Phi) is 16.9. The smallest absolute Gasteiger partial charge is 1.00 e. The fraction of sp³-hybridized carbons (Fsp3) is 0. The van der Waals surface area contributed by atoms with E-state index in [0.717, 1.165) is 8.58 Å². The van der Waals surface area contributed by atoms with Gasteiger partial charge < -0.3 is 26.0 Å². The zero-order chi connectivity index (χ0) is 22.1. The molecule has 1 heterocycles. The first-order chi connectivity index (χ1) is 15.9. The van der Waals surface area contributed by atoms with Crippen LogP contribution in [0.1, 0.15) is 0 Å². The van der Waals surface area contributed by atoms with Gasteiger partial charge in [-0.1, -0.05) is 142 Å². The minimum Gasteiger partial charge on any atom is -1.00 e. The van der Waals surface area contributed by atoms with Gasteiger partial charge in [0, 0.05) is 0 Å². The quantitative estimate of drug-likeness (QED) is 0.211. The molecule has 34 heavy (non-hydrogen) atoms. The van der Waals surface area contributed by atoms with E-state index in [2.05, 4.69) is 120 Å². The Labute approximate surface area is 227 Å². The molecule has 0 unspecified atom stereocenters. The van der Waals surface area contributed by atoms with Crippen molar-refractivity contribution in [1.82, 2.24) is 4.98 Å². The van der Waals surface area contributed by atoms with Crippen molar-refractivity contribution in [1.29, 1.82) is 0 Å². The van der Waals surface area contributed by atoms with Crippen molar-refractivity contribution in [2.75, 3.05) is 0 Å². The van der Waals surface area contributed by atoms with E-state index >= 15 is 0 Å². The Morgan fingerprint density at radius 1 is 0.529 bits per heavy atom. The largest absolute Gasteiger partial charge is 2.00 e. The topological polar surface area (TPSA) is 12.9 Å². The molecule has 1 nitrogen and oxygen atoms in total. The van der Waals surface area contributed by atoms with Crippen LogP contribution >= 0.6 is 17.2 Å². The van der Waals surface area contributed by atoms with Gasteiger partial charge in [0.2, 0.25) is 0 Å². The molecule has 174 valence electrons. The second-order valence-corrected chi connectivity index (χ2v) is 9.26. The Morgan fingerprint density at radius 2 is 0.941 bits per heavy atom. The first-order valence-electron chi connectivity index (χ1n) is 10.4. The van der Waals surface area contributed by atoms with Gasteiger partial charge in [-0.15, -0.1) is 0 Å². The molecule has 0 saturated carbocycles. The van der Waals surface area contributed by atoms with E-state index in [1.165, 1.54) is 29.8 Å². The number of rotatable bonds is 4. The van der Waals surface area contributed by atoms with Gasteiger partial charge in [-0.05, 0) is 10.6 Å². The summed E-state index contributed by atoms with van der Waals surface area (Å²) < 4.78 is 0. The first kappa shape index (κ1) is 29.9. The molecule has 0 radical (unpaired) electrons. The maximum absolute atomic E-state index is 3.66. The molecule has 0 N–H and O–H groups in total. The van der Waals surface area contributed by atoms with Crippen LogP contribution in [0.4, 0.5) is 0 Å². The van der Waals surface area contributed by atoms with Gasteiger partial charge in [0.15, 0.2) is 0 Å². The summed E-state index contributed by atoms with van der Waals surface area (Å²) >= 11 is 0. The van der Waals surface area contributed by atoms with E-state index in [0.29, 0.717) is 0 Å². The molecule has 0 fully saturated rings. The fourth-order valence-corrected chi connectivity index (χ4v) is 4.63. The SMILES string of the molecule is [Cl-].[Pt+2].[c-]1ccccn1.c1ccc(Pc2ccccc2)cc1.c1ccc([P-]c2ccccc2)cc1. The van der Waals surface area contributed by atoms with E-state index in [4.69, 9.17) is 0 Å². The minimum absolute atomic E-state index is 0. The number of hydrogen-bond donors (Lipinski definition) is 0. The number of hydrogen-bond acceptors (Lipinski definition) is 1. The van der Waals surface area contributed by atoms with Crippen molar-refractivity contribution < 1.29 is 33.5 Å². The van der Waals surface area contributed by atoms with Crippen LogP contribution in [0.5, 0.6) is 0 Å². The average molecular weight is 680 g/mol. The first-order valence-corrected chi connectivity index (χ1v) is 12.3. The third kappa shape index (κ3) is 12.9. The summed E-state index contributed by atoms with van der Waals surface area (Å²) in [4.78, 5) is 3.66. The molecular formula is C29H25ClNP2Pt-. The van der Waals surface area contributed by atoms with Crippen molar-refractivity contribution in [3.8, 4) is 0 Å². The van der Waals surface area contributed by atoms with Crippen LogP contribution in [0.25, 0.3) is 0 Å². The van der Waals surface area contributed by atoms with Gasteiger partial charge in [-0.2, -0.15) is 18.2 Å². The molecular weight excluding hydrogens is 655 g/mol. The standard InChI is InChI=1S/C12H11P.C12H10P.C5H4N.ClH.Pt/c2*1-3-7-11(8-4-1)13-12-9-5-2-6-10-12;1-2-4-6-5-3-1;;/h1-10,13H;1-10H;1-4H;1H;/q;2*-1;;+2/p-1. The molecule has 0 aliphatic heterocycles. The molecule has 0 saturated heterocycles. The summed E-state index contributed by atoms with van der Waals surface area (Å²) in [6.07, 6.45) is 4.34. The summed E-state index contributed by atoms with van der Waals surface area (Å²) in [5, 5.41) is 5.48. The van der Waals surface area contributed by atoms with Crippen molar-refractivity contribution in [3.63, 3.8) is 0 Å². The molecule has 0 aliphatic rings. The van der Waals surface area contributed by atoms with Crippen LogP contribution in [-0.2, 0) is 21.1 Å². The molecule has 0 spiro atoms. The average Bonchev–Trinajstić information content (AvgIpc) is 2.88. The predicted molar refractivity (Wildman–Crippen MR) is 143 cm³/mol. The molecule has 5 heteroatoms. The maximum Gasteiger partial charge on any atom is 2.00 e. The number of nitrogens with zero attached hydrogens (tertiary/aromatic N) is 1.